The summed E-state index contributed by atoms with van der Waals surface area (Å²) in [6.07, 6.45) is 13.6. The van der Waals surface area contributed by atoms with Gasteiger partial charge in [0.1, 0.15) is 0 Å². The lowest BCUT2D eigenvalue weighted by atomic mass is 9.44. The fraction of sp³-hybridized carbons (Fsp3) is 1.00. The lowest BCUT2D eigenvalue weighted by molar-refractivity contribution is -0.144. The van der Waals surface area contributed by atoms with Gasteiger partial charge in [0.2, 0.25) is 0 Å². The number of aliphatic hydroxyl groups is 2. The van der Waals surface area contributed by atoms with Gasteiger partial charge in [0.05, 0.1) is 11.7 Å². The Morgan fingerprint density at radius 1 is 0.920 bits per heavy atom. The zero-order valence-electron chi connectivity index (χ0n) is 16.7. The molecule has 0 bridgehead atoms. The Bertz CT molecular complexity index is 486. The van der Waals surface area contributed by atoms with Crippen molar-refractivity contribution in [3.8, 4) is 0 Å². The normalized spacial score (nSPS) is 54.1. The highest BCUT2D eigenvalue weighted by Crippen LogP contribution is 2.63. The molecular formula is C23H40O2. The van der Waals surface area contributed by atoms with Crippen molar-refractivity contribution in [2.75, 3.05) is 0 Å². The van der Waals surface area contributed by atoms with Crippen LogP contribution in [-0.2, 0) is 0 Å². The van der Waals surface area contributed by atoms with Crippen molar-refractivity contribution in [1.82, 2.24) is 0 Å². The molecule has 144 valence electrons. The van der Waals surface area contributed by atoms with Gasteiger partial charge in [0.25, 0.3) is 0 Å². The Labute approximate surface area is 154 Å². The monoisotopic (exact) mass is 348 g/mol. The highest BCUT2D eigenvalue weighted by Gasteiger charge is 2.56. The fourth-order valence-electron chi connectivity index (χ4n) is 8.24. The van der Waals surface area contributed by atoms with E-state index in [2.05, 4.69) is 20.8 Å². The van der Waals surface area contributed by atoms with Crippen molar-refractivity contribution in [2.45, 2.75) is 103 Å². The van der Waals surface area contributed by atoms with E-state index in [0.29, 0.717) is 11.3 Å². The van der Waals surface area contributed by atoms with Crippen molar-refractivity contribution < 1.29 is 10.2 Å². The Morgan fingerprint density at radius 3 is 2.44 bits per heavy atom. The van der Waals surface area contributed by atoms with Gasteiger partial charge < -0.3 is 10.2 Å². The van der Waals surface area contributed by atoms with E-state index in [1.165, 1.54) is 51.4 Å². The molecule has 0 aromatic heterocycles. The molecule has 0 radical (unpaired) electrons. The van der Waals surface area contributed by atoms with Crippen LogP contribution < -0.4 is 0 Å². The molecule has 0 spiro atoms. The summed E-state index contributed by atoms with van der Waals surface area (Å²) >= 11 is 0. The molecule has 0 aromatic rings. The van der Waals surface area contributed by atoms with Gasteiger partial charge >= 0.3 is 0 Å². The highest BCUT2D eigenvalue weighted by atomic mass is 16.3. The van der Waals surface area contributed by atoms with Gasteiger partial charge in [-0.05, 0) is 112 Å². The predicted molar refractivity (Wildman–Crippen MR) is 102 cm³/mol. The Hall–Kier alpha value is -0.0800. The predicted octanol–water partition coefficient (Wildman–Crippen LogP) is 5.17. The third-order valence-corrected chi connectivity index (χ3v) is 9.43. The first kappa shape index (κ1) is 18.3. The molecule has 0 amide bonds. The molecule has 4 fully saturated rings. The number of hydrogen-bond donors (Lipinski definition) is 2. The lowest BCUT2D eigenvalue weighted by Crippen LogP contribution is -2.55. The van der Waals surface area contributed by atoms with E-state index in [4.69, 9.17) is 0 Å². The van der Waals surface area contributed by atoms with Crippen LogP contribution in [0.2, 0.25) is 0 Å². The maximum absolute atomic E-state index is 10.7. The summed E-state index contributed by atoms with van der Waals surface area (Å²) in [5, 5.41) is 21.2. The summed E-state index contributed by atoms with van der Waals surface area (Å²) in [6.45, 7) is 6.75. The topological polar surface area (TPSA) is 40.5 Å². The van der Waals surface area contributed by atoms with Crippen LogP contribution in [0.1, 0.15) is 91.4 Å². The summed E-state index contributed by atoms with van der Waals surface area (Å²) in [5.41, 5.74) is -0.0276. The lowest BCUT2D eigenvalue weighted by Gasteiger charge is -2.61. The van der Waals surface area contributed by atoms with Crippen LogP contribution in [0.25, 0.3) is 0 Å². The van der Waals surface area contributed by atoms with Gasteiger partial charge in [-0.3, -0.25) is 0 Å². The summed E-state index contributed by atoms with van der Waals surface area (Å²) in [5.74, 6) is 4.83. The van der Waals surface area contributed by atoms with E-state index in [1.54, 1.807) is 0 Å². The standard InChI is InChI=1S/C23H40O2/c1-4-21(24)20-7-5-6-19-18-9-8-15-14-22(2,25)12-10-16(15)17(18)11-13-23(19,20)3/h15-21,24-25H,4-14H2,1-3H3/t15-,16+,17-,18-,19+,20-,21?,22-,23+/m1/s1. The molecule has 0 heterocycles. The van der Waals surface area contributed by atoms with E-state index in [9.17, 15) is 10.2 Å². The second-order valence-corrected chi connectivity index (χ2v) is 10.7. The van der Waals surface area contributed by atoms with Crippen LogP contribution in [0.4, 0.5) is 0 Å². The third-order valence-electron chi connectivity index (χ3n) is 9.43. The molecule has 1 unspecified atom stereocenters. The van der Waals surface area contributed by atoms with E-state index in [0.717, 1.165) is 48.9 Å². The quantitative estimate of drug-likeness (QED) is 0.723. The zero-order valence-corrected chi connectivity index (χ0v) is 16.7. The Balaban J connectivity index is 1.55. The molecule has 4 aliphatic rings. The van der Waals surface area contributed by atoms with Crippen LogP contribution in [0, 0.1) is 40.9 Å². The smallest absolute Gasteiger partial charge is 0.0622 e. The van der Waals surface area contributed by atoms with Gasteiger partial charge in [0.15, 0.2) is 0 Å². The van der Waals surface area contributed by atoms with Crippen LogP contribution in [-0.4, -0.2) is 21.9 Å². The maximum Gasteiger partial charge on any atom is 0.0622 e. The van der Waals surface area contributed by atoms with Gasteiger partial charge in [-0.25, -0.2) is 0 Å². The first-order valence-corrected chi connectivity index (χ1v) is 11.3. The van der Waals surface area contributed by atoms with Gasteiger partial charge in [-0.2, -0.15) is 0 Å². The van der Waals surface area contributed by atoms with E-state index < -0.39 is 5.60 Å². The molecule has 2 N–H and O–H groups in total. The number of aliphatic hydroxyl groups excluding tert-OH is 1. The zero-order chi connectivity index (χ0) is 17.8. The molecule has 9 atom stereocenters. The first-order valence-electron chi connectivity index (χ1n) is 11.3. The van der Waals surface area contributed by atoms with E-state index in [-0.39, 0.29) is 6.10 Å². The molecule has 0 saturated heterocycles. The molecule has 4 aliphatic carbocycles. The molecule has 2 heteroatoms. The van der Waals surface area contributed by atoms with Crippen LogP contribution >= 0.6 is 0 Å². The van der Waals surface area contributed by atoms with Crippen LogP contribution in [0.5, 0.6) is 0 Å². The maximum atomic E-state index is 10.7. The van der Waals surface area contributed by atoms with Crippen molar-refractivity contribution in [2.24, 2.45) is 40.9 Å². The second kappa shape index (κ2) is 6.51. The van der Waals surface area contributed by atoms with E-state index >= 15 is 0 Å². The molecule has 25 heavy (non-hydrogen) atoms. The number of rotatable bonds is 2. The molecular weight excluding hydrogens is 308 g/mol. The number of fused-ring (bicyclic) bond motifs is 5. The average molecular weight is 349 g/mol. The molecule has 4 rings (SSSR count). The molecule has 0 aromatic carbocycles. The van der Waals surface area contributed by atoms with Crippen LogP contribution in [0.15, 0.2) is 0 Å². The van der Waals surface area contributed by atoms with Gasteiger partial charge in [0, 0.05) is 0 Å². The summed E-state index contributed by atoms with van der Waals surface area (Å²) in [6, 6.07) is 0. The van der Waals surface area contributed by atoms with E-state index in [1.807, 2.05) is 0 Å². The average Bonchev–Trinajstić information content (AvgIpc) is 2.58. The summed E-state index contributed by atoms with van der Waals surface area (Å²) in [7, 11) is 0. The van der Waals surface area contributed by atoms with Crippen molar-refractivity contribution in [3.63, 3.8) is 0 Å². The second-order valence-electron chi connectivity index (χ2n) is 10.7. The van der Waals surface area contributed by atoms with Gasteiger partial charge in [-0.1, -0.05) is 20.3 Å². The Morgan fingerprint density at radius 2 is 1.68 bits per heavy atom. The summed E-state index contributed by atoms with van der Waals surface area (Å²) in [4.78, 5) is 0. The minimum absolute atomic E-state index is 0.0922. The van der Waals surface area contributed by atoms with Crippen LogP contribution in [0.3, 0.4) is 0 Å². The molecule has 4 saturated carbocycles. The first-order chi connectivity index (χ1) is 11.9. The SMILES string of the molecule is CCC(O)[C@H]1CCC[C@H]2[C@@H]3CC[C@@H]4C[C@](C)(O)CC[C@@H]4[C@H]3CC[C@]12C. The third kappa shape index (κ3) is 3.00. The summed E-state index contributed by atoms with van der Waals surface area (Å²) < 4.78 is 0. The fourth-order valence-corrected chi connectivity index (χ4v) is 8.24. The minimum Gasteiger partial charge on any atom is -0.393 e. The van der Waals surface area contributed by atoms with Crippen molar-refractivity contribution >= 4 is 0 Å². The van der Waals surface area contributed by atoms with Gasteiger partial charge in [-0.15, -0.1) is 0 Å². The largest absolute Gasteiger partial charge is 0.393 e. The highest BCUT2D eigenvalue weighted by molar-refractivity contribution is 5.06. The van der Waals surface area contributed by atoms with Crippen molar-refractivity contribution in [3.05, 3.63) is 0 Å². The van der Waals surface area contributed by atoms with Crippen molar-refractivity contribution in [1.29, 1.82) is 0 Å². The number of hydrogen-bond acceptors (Lipinski definition) is 2. The molecule has 2 nitrogen and oxygen atoms in total. The Kier molecular flexibility index (Phi) is 4.77. The minimum atomic E-state index is -0.404. The molecule has 0 aliphatic heterocycles.